The molecule has 0 saturated heterocycles. The molecule has 0 spiro atoms. The predicted octanol–water partition coefficient (Wildman–Crippen LogP) is 3.05. The van der Waals surface area contributed by atoms with Crippen molar-refractivity contribution in [1.29, 1.82) is 0 Å². The molecule has 9 heteroatoms. The monoisotopic (exact) mass is 418 g/mol. The molecule has 0 bridgehead atoms. The summed E-state index contributed by atoms with van der Waals surface area (Å²) in [5, 5.41) is 28.9. The average Bonchev–Trinajstić information content (AvgIpc) is 3.41. The van der Waals surface area contributed by atoms with Crippen molar-refractivity contribution >= 4 is 22.4 Å². The maximum Gasteiger partial charge on any atom is 0.163 e. The smallest absolute Gasteiger partial charge is 0.163 e. The van der Waals surface area contributed by atoms with Crippen molar-refractivity contribution in [3.05, 3.63) is 78.1 Å². The third-order valence-corrected chi connectivity index (χ3v) is 5.17. The minimum Gasteiger partial charge on any atom is -0.391 e. The van der Waals surface area contributed by atoms with Crippen LogP contribution in [0.3, 0.4) is 0 Å². The van der Waals surface area contributed by atoms with Crippen LogP contribution in [0.15, 0.2) is 61.2 Å². The largest absolute Gasteiger partial charge is 0.391 e. The van der Waals surface area contributed by atoms with E-state index >= 15 is 0 Å². The Morgan fingerprint density at radius 3 is 2.87 bits per heavy atom. The van der Waals surface area contributed by atoms with Crippen LogP contribution in [-0.4, -0.2) is 41.3 Å². The van der Waals surface area contributed by atoms with Crippen molar-refractivity contribution in [2.24, 2.45) is 0 Å². The lowest BCUT2D eigenvalue weighted by molar-refractivity contribution is 0.193. The second-order valence-corrected chi connectivity index (χ2v) is 7.17. The molecule has 4 aromatic heterocycles. The van der Waals surface area contributed by atoms with E-state index < -0.39 is 11.9 Å². The highest BCUT2D eigenvalue weighted by molar-refractivity contribution is 5.83. The van der Waals surface area contributed by atoms with E-state index in [1.54, 1.807) is 16.8 Å². The number of aliphatic hydroxyl groups is 2. The molecule has 31 heavy (non-hydrogen) atoms. The van der Waals surface area contributed by atoms with Gasteiger partial charge in [0, 0.05) is 52.6 Å². The van der Waals surface area contributed by atoms with Gasteiger partial charge in [-0.15, -0.1) is 0 Å². The average molecular weight is 418 g/mol. The molecule has 1 aromatic carbocycles. The zero-order chi connectivity index (χ0) is 21.4. The fraction of sp³-hybridized carbons (Fsp3) is 0.136. The number of anilines is 1. The first-order valence-corrected chi connectivity index (χ1v) is 9.71. The van der Waals surface area contributed by atoms with Crippen molar-refractivity contribution in [2.75, 3.05) is 11.9 Å². The normalized spacial score (nSPS) is 12.5. The van der Waals surface area contributed by atoms with Crippen LogP contribution in [0.25, 0.3) is 27.8 Å². The van der Waals surface area contributed by atoms with Gasteiger partial charge in [0.1, 0.15) is 11.6 Å². The van der Waals surface area contributed by atoms with Gasteiger partial charge in [-0.05, 0) is 12.1 Å². The van der Waals surface area contributed by atoms with Crippen LogP contribution in [0.1, 0.15) is 17.2 Å². The van der Waals surface area contributed by atoms with Gasteiger partial charge in [-0.25, -0.2) is 9.37 Å². The third-order valence-electron chi connectivity index (χ3n) is 5.17. The molecule has 0 aliphatic heterocycles. The van der Waals surface area contributed by atoms with E-state index in [4.69, 9.17) is 0 Å². The molecular formula is C22H19FN6O2. The molecule has 0 saturated carbocycles. The molecule has 0 fully saturated rings. The number of rotatable bonds is 6. The van der Waals surface area contributed by atoms with Crippen LogP contribution in [0.4, 0.5) is 10.2 Å². The number of benzene rings is 1. The minimum atomic E-state index is -0.786. The highest BCUT2D eigenvalue weighted by Crippen LogP contribution is 2.27. The van der Waals surface area contributed by atoms with Gasteiger partial charge in [0.05, 0.1) is 30.8 Å². The van der Waals surface area contributed by atoms with E-state index in [9.17, 15) is 14.6 Å². The lowest BCUT2D eigenvalue weighted by atomic mass is 10.1. The Bertz CT molecular complexity index is 1380. The summed E-state index contributed by atoms with van der Waals surface area (Å²) >= 11 is 0. The SMILES string of the molecule is OCc1cnn2c(NC[C@@H](O)c3c[nH]c4ccccc34)cc(-c3cncc(F)c3)nc12. The van der Waals surface area contributed by atoms with Crippen molar-refractivity contribution in [3.8, 4) is 11.3 Å². The van der Waals surface area contributed by atoms with Crippen LogP contribution < -0.4 is 5.32 Å². The Labute approximate surface area is 176 Å². The Morgan fingerprint density at radius 2 is 2.03 bits per heavy atom. The Hall–Kier alpha value is -3.82. The first-order valence-electron chi connectivity index (χ1n) is 9.71. The molecule has 0 amide bonds. The summed E-state index contributed by atoms with van der Waals surface area (Å²) in [4.78, 5) is 11.6. The number of fused-ring (bicyclic) bond motifs is 2. The fourth-order valence-corrected chi connectivity index (χ4v) is 3.63. The second kappa shape index (κ2) is 7.78. The minimum absolute atomic E-state index is 0.204. The first kappa shape index (κ1) is 19.2. The molecule has 4 N–H and O–H groups in total. The first-order chi connectivity index (χ1) is 15.1. The van der Waals surface area contributed by atoms with Crippen LogP contribution in [-0.2, 0) is 6.61 Å². The number of aromatic amines is 1. The van der Waals surface area contributed by atoms with Crippen molar-refractivity contribution in [1.82, 2.24) is 24.6 Å². The van der Waals surface area contributed by atoms with Crippen molar-refractivity contribution in [2.45, 2.75) is 12.7 Å². The Kier molecular flexibility index (Phi) is 4.81. The molecule has 1 atom stereocenters. The van der Waals surface area contributed by atoms with E-state index in [1.165, 1.54) is 18.5 Å². The molecule has 5 rings (SSSR count). The number of aromatic nitrogens is 5. The summed E-state index contributed by atoms with van der Waals surface area (Å²) in [7, 11) is 0. The van der Waals surface area contributed by atoms with Gasteiger partial charge < -0.3 is 20.5 Å². The third kappa shape index (κ3) is 3.49. The predicted molar refractivity (Wildman–Crippen MR) is 114 cm³/mol. The number of para-hydroxylation sites is 1. The summed E-state index contributed by atoms with van der Waals surface area (Å²) in [6.07, 6.45) is 5.17. The Morgan fingerprint density at radius 1 is 1.16 bits per heavy atom. The second-order valence-electron chi connectivity index (χ2n) is 7.17. The zero-order valence-corrected chi connectivity index (χ0v) is 16.3. The van der Waals surface area contributed by atoms with Crippen molar-refractivity contribution in [3.63, 3.8) is 0 Å². The molecule has 5 aromatic rings. The van der Waals surface area contributed by atoms with E-state index in [0.29, 0.717) is 28.3 Å². The standard InChI is InChI=1S/C22H19FN6O2/c23-15-5-13(7-24-9-15)19-6-21(29-22(28-19)14(12-30)8-27-29)26-11-20(31)17-10-25-18-4-2-1-3-16(17)18/h1-10,20,25-26,30-31H,11-12H2/t20-/m1/s1. The maximum atomic E-state index is 13.7. The fourth-order valence-electron chi connectivity index (χ4n) is 3.63. The summed E-state index contributed by atoms with van der Waals surface area (Å²) in [6, 6.07) is 10.8. The number of aliphatic hydroxyl groups excluding tert-OH is 2. The molecular weight excluding hydrogens is 399 g/mol. The molecule has 156 valence electrons. The van der Waals surface area contributed by atoms with Gasteiger partial charge in [-0.1, -0.05) is 18.2 Å². The molecule has 0 aliphatic carbocycles. The summed E-state index contributed by atoms with van der Waals surface area (Å²) in [5.41, 5.74) is 3.66. The maximum absolute atomic E-state index is 13.7. The molecule has 0 aliphatic rings. The highest BCUT2D eigenvalue weighted by atomic mass is 19.1. The summed E-state index contributed by atoms with van der Waals surface area (Å²) in [5.74, 6) is 0.0715. The van der Waals surface area contributed by atoms with Crippen LogP contribution in [0.5, 0.6) is 0 Å². The molecule has 0 unspecified atom stereocenters. The number of H-pyrrole nitrogens is 1. The number of halogens is 1. The van der Waals surface area contributed by atoms with E-state index in [0.717, 1.165) is 22.7 Å². The van der Waals surface area contributed by atoms with Crippen molar-refractivity contribution < 1.29 is 14.6 Å². The van der Waals surface area contributed by atoms with Crippen LogP contribution in [0.2, 0.25) is 0 Å². The van der Waals surface area contributed by atoms with Gasteiger partial charge in [-0.2, -0.15) is 9.61 Å². The Balaban J connectivity index is 1.50. The number of hydrogen-bond donors (Lipinski definition) is 4. The summed E-state index contributed by atoms with van der Waals surface area (Å²) in [6.45, 7) is -0.0329. The lowest BCUT2D eigenvalue weighted by Crippen LogP contribution is -2.15. The number of nitrogens with zero attached hydrogens (tertiary/aromatic N) is 4. The molecule has 4 heterocycles. The quantitative estimate of drug-likeness (QED) is 0.337. The van der Waals surface area contributed by atoms with Gasteiger partial charge in [0.25, 0.3) is 0 Å². The highest BCUT2D eigenvalue weighted by Gasteiger charge is 2.16. The van der Waals surface area contributed by atoms with E-state index in [2.05, 4.69) is 25.4 Å². The van der Waals surface area contributed by atoms with Crippen LogP contribution in [0, 0.1) is 5.82 Å². The zero-order valence-electron chi connectivity index (χ0n) is 16.3. The molecule has 0 radical (unpaired) electrons. The lowest BCUT2D eigenvalue weighted by Gasteiger charge is -2.14. The van der Waals surface area contributed by atoms with Gasteiger partial charge in [0.2, 0.25) is 0 Å². The van der Waals surface area contributed by atoms with Gasteiger partial charge in [-0.3, -0.25) is 4.98 Å². The molecule has 8 nitrogen and oxygen atoms in total. The van der Waals surface area contributed by atoms with E-state index in [1.807, 2.05) is 24.3 Å². The number of nitrogens with one attached hydrogen (secondary N) is 2. The topological polar surface area (TPSA) is 111 Å². The van der Waals surface area contributed by atoms with Crippen LogP contribution >= 0.6 is 0 Å². The number of pyridine rings is 1. The van der Waals surface area contributed by atoms with E-state index in [-0.39, 0.29) is 13.2 Å². The number of hydrogen-bond acceptors (Lipinski definition) is 6. The summed E-state index contributed by atoms with van der Waals surface area (Å²) < 4.78 is 15.2. The van der Waals surface area contributed by atoms with Gasteiger partial charge >= 0.3 is 0 Å². The van der Waals surface area contributed by atoms with Gasteiger partial charge in [0.15, 0.2) is 5.65 Å².